The maximum Gasteiger partial charge on any atom is 0.0434 e. The van der Waals surface area contributed by atoms with Crippen LogP contribution in [0.4, 0.5) is 0 Å². The molecule has 1 saturated carbocycles. The molecule has 0 N–H and O–H groups in total. The molecule has 0 spiro atoms. The van der Waals surface area contributed by atoms with Crippen molar-refractivity contribution in [2.45, 2.75) is 64.2 Å². The Morgan fingerprint density at radius 1 is 1.31 bits per heavy atom. The zero-order valence-corrected chi connectivity index (χ0v) is 10.8. The van der Waals surface area contributed by atoms with Crippen molar-refractivity contribution in [3.63, 3.8) is 0 Å². The number of rotatable bonds is 5. The molecule has 0 atom stereocenters. The maximum atomic E-state index is 4.62. The monoisotopic (exact) mass is 217 g/mol. The summed E-state index contributed by atoms with van der Waals surface area (Å²) in [5.41, 5.74) is 2.98. The highest BCUT2D eigenvalue weighted by atomic mass is 14.7. The van der Waals surface area contributed by atoms with E-state index in [9.17, 15) is 0 Å². The molecule has 1 aromatic heterocycles. The molecule has 1 aromatic rings. The van der Waals surface area contributed by atoms with Crippen LogP contribution in [0.2, 0.25) is 0 Å². The third-order valence-corrected chi connectivity index (χ3v) is 3.72. The second-order valence-corrected chi connectivity index (χ2v) is 5.73. The zero-order chi connectivity index (χ0) is 11.6. The second-order valence-electron chi connectivity index (χ2n) is 5.73. The van der Waals surface area contributed by atoms with Gasteiger partial charge in [0.2, 0.25) is 0 Å². The average molecular weight is 217 g/mol. The largest absolute Gasteiger partial charge is 0.261 e. The maximum absolute atomic E-state index is 4.62. The van der Waals surface area contributed by atoms with E-state index in [-0.39, 0.29) is 5.41 Å². The van der Waals surface area contributed by atoms with Crippen molar-refractivity contribution in [1.82, 2.24) is 4.98 Å². The smallest absolute Gasteiger partial charge is 0.0434 e. The summed E-state index contributed by atoms with van der Waals surface area (Å²) in [6.45, 7) is 6.91. The number of aromatic nitrogens is 1. The fraction of sp³-hybridized carbons (Fsp3) is 0.667. The van der Waals surface area contributed by atoms with Crippen LogP contribution in [0.5, 0.6) is 0 Å². The molecular weight excluding hydrogens is 194 g/mol. The molecule has 0 unspecified atom stereocenters. The standard InChI is InChI=1S/C15H23N/c1-4-5-10-15(2,3)13-8-9-14(16-11-13)12-6-7-12/h8-9,11-12H,4-7,10H2,1-3H3. The van der Waals surface area contributed by atoms with Crippen LogP contribution in [0, 0.1) is 0 Å². The third-order valence-electron chi connectivity index (χ3n) is 3.72. The Hall–Kier alpha value is -0.850. The highest BCUT2D eigenvalue weighted by Gasteiger charge is 2.26. The molecule has 1 heterocycles. The fourth-order valence-corrected chi connectivity index (χ4v) is 2.19. The molecule has 0 amide bonds. The Morgan fingerprint density at radius 2 is 2.06 bits per heavy atom. The van der Waals surface area contributed by atoms with Gasteiger partial charge in [-0.1, -0.05) is 39.7 Å². The van der Waals surface area contributed by atoms with E-state index in [1.807, 2.05) is 0 Å². The summed E-state index contributed by atoms with van der Waals surface area (Å²) >= 11 is 0. The molecule has 1 heteroatoms. The minimum absolute atomic E-state index is 0.283. The molecule has 1 aliphatic carbocycles. The first-order valence-electron chi connectivity index (χ1n) is 6.60. The predicted octanol–water partition coefficient (Wildman–Crippen LogP) is 4.43. The first-order valence-corrected chi connectivity index (χ1v) is 6.60. The van der Waals surface area contributed by atoms with Crippen LogP contribution in [0.15, 0.2) is 18.3 Å². The molecule has 0 saturated heterocycles. The Kier molecular flexibility index (Phi) is 3.32. The van der Waals surface area contributed by atoms with Crippen LogP contribution < -0.4 is 0 Å². The zero-order valence-electron chi connectivity index (χ0n) is 10.8. The molecule has 0 aromatic carbocycles. The summed E-state index contributed by atoms with van der Waals surface area (Å²) in [6.07, 6.45) is 8.61. The SMILES string of the molecule is CCCCC(C)(C)c1ccc(C2CC2)nc1. The van der Waals surface area contributed by atoms with Gasteiger partial charge in [-0.25, -0.2) is 0 Å². The van der Waals surface area contributed by atoms with Crippen LogP contribution in [-0.4, -0.2) is 4.98 Å². The van der Waals surface area contributed by atoms with Gasteiger partial charge in [0.05, 0.1) is 0 Å². The molecule has 88 valence electrons. The lowest BCUT2D eigenvalue weighted by atomic mass is 9.81. The molecule has 0 aliphatic heterocycles. The van der Waals surface area contributed by atoms with E-state index in [1.54, 1.807) is 0 Å². The van der Waals surface area contributed by atoms with Gasteiger partial charge in [-0.05, 0) is 36.3 Å². The van der Waals surface area contributed by atoms with Gasteiger partial charge < -0.3 is 0 Å². The molecule has 16 heavy (non-hydrogen) atoms. The summed E-state index contributed by atoms with van der Waals surface area (Å²) in [5, 5.41) is 0. The van der Waals surface area contributed by atoms with E-state index >= 15 is 0 Å². The Bertz CT molecular complexity index is 333. The van der Waals surface area contributed by atoms with Crippen molar-refractivity contribution in [3.8, 4) is 0 Å². The minimum Gasteiger partial charge on any atom is -0.261 e. The number of nitrogens with zero attached hydrogens (tertiary/aromatic N) is 1. The van der Waals surface area contributed by atoms with Crippen LogP contribution >= 0.6 is 0 Å². The lowest BCUT2D eigenvalue weighted by molar-refractivity contribution is 0.456. The van der Waals surface area contributed by atoms with Crippen molar-refractivity contribution in [3.05, 3.63) is 29.6 Å². The number of hydrogen-bond donors (Lipinski definition) is 0. The van der Waals surface area contributed by atoms with Crippen LogP contribution in [0.25, 0.3) is 0 Å². The van der Waals surface area contributed by atoms with Crippen LogP contribution in [-0.2, 0) is 5.41 Å². The first kappa shape index (κ1) is 11.6. The number of pyridine rings is 1. The van der Waals surface area contributed by atoms with Crippen LogP contribution in [0.1, 0.15) is 70.1 Å². The average Bonchev–Trinajstić information content (AvgIpc) is 3.10. The fourth-order valence-electron chi connectivity index (χ4n) is 2.19. The van der Waals surface area contributed by atoms with Gasteiger partial charge in [0.25, 0.3) is 0 Å². The highest BCUT2D eigenvalue weighted by Crippen LogP contribution is 2.39. The first-order chi connectivity index (χ1) is 7.63. The highest BCUT2D eigenvalue weighted by molar-refractivity contribution is 5.25. The summed E-state index contributed by atoms with van der Waals surface area (Å²) in [7, 11) is 0. The Labute approximate surface area is 99.3 Å². The van der Waals surface area contributed by atoms with Crippen molar-refractivity contribution >= 4 is 0 Å². The van der Waals surface area contributed by atoms with E-state index in [1.165, 1.54) is 43.4 Å². The number of unbranched alkanes of at least 4 members (excludes halogenated alkanes) is 1. The molecule has 1 nitrogen and oxygen atoms in total. The van der Waals surface area contributed by atoms with E-state index in [0.29, 0.717) is 0 Å². The van der Waals surface area contributed by atoms with Gasteiger partial charge in [0.1, 0.15) is 0 Å². The molecule has 2 rings (SSSR count). The summed E-state index contributed by atoms with van der Waals surface area (Å²) in [5.74, 6) is 0.771. The summed E-state index contributed by atoms with van der Waals surface area (Å²) in [4.78, 5) is 4.62. The lowest BCUT2D eigenvalue weighted by Crippen LogP contribution is -2.17. The molecule has 0 bridgehead atoms. The van der Waals surface area contributed by atoms with Crippen molar-refractivity contribution < 1.29 is 0 Å². The van der Waals surface area contributed by atoms with E-state index < -0.39 is 0 Å². The van der Waals surface area contributed by atoms with Crippen molar-refractivity contribution in [1.29, 1.82) is 0 Å². The normalized spacial score (nSPS) is 16.4. The van der Waals surface area contributed by atoms with Gasteiger partial charge >= 0.3 is 0 Å². The predicted molar refractivity (Wildman–Crippen MR) is 68.8 cm³/mol. The molecule has 0 radical (unpaired) electrons. The van der Waals surface area contributed by atoms with Crippen molar-refractivity contribution in [2.24, 2.45) is 0 Å². The third kappa shape index (κ3) is 2.63. The summed E-state index contributed by atoms with van der Waals surface area (Å²) < 4.78 is 0. The summed E-state index contributed by atoms with van der Waals surface area (Å²) in [6, 6.07) is 4.52. The van der Waals surface area contributed by atoms with E-state index in [2.05, 4.69) is 44.1 Å². The molecule has 1 aliphatic rings. The van der Waals surface area contributed by atoms with Gasteiger partial charge in [-0.15, -0.1) is 0 Å². The Morgan fingerprint density at radius 3 is 2.56 bits per heavy atom. The quantitative estimate of drug-likeness (QED) is 0.711. The second kappa shape index (κ2) is 4.57. The molecular formula is C15H23N. The Balaban J connectivity index is 2.07. The minimum atomic E-state index is 0.283. The molecule has 1 fully saturated rings. The van der Waals surface area contributed by atoms with E-state index in [0.717, 1.165) is 5.92 Å². The van der Waals surface area contributed by atoms with E-state index in [4.69, 9.17) is 0 Å². The van der Waals surface area contributed by atoms with Gasteiger partial charge in [-0.3, -0.25) is 4.98 Å². The van der Waals surface area contributed by atoms with Gasteiger partial charge in [0, 0.05) is 17.8 Å². The van der Waals surface area contributed by atoms with Gasteiger partial charge in [-0.2, -0.15) is 0 Å². The van der Waals surface area contributed by atoms with Crippen molar-refractivity contribution in [2.75, 3.05) is 0 Å². The van der Waals surface area contributed by atoms with Crippen LogP contribution in [0.3, 0.4) is 0 Å². The lowest BCUT2D eigenvalue weighted by Gasteiger charge is -2.24. The van der Waals surface area contributed by atoms with Gasteiger partial charge in [0.15, 0.2) is 0 Å². The number of hydrogen-bond acceptors (Lipinski definition) is 1. The topological polar surface area (TPSA) is 12.9 Å².